The average Bonchev–Trinajstić information content (AvgIpc) is 3.00. The summed E-state index contributed by atoms with van der Waals surface area (Å²) in [7, 11) is -3.18. The molecule has 1 aromatic carbocycles. The molecule has 2 aliphatic rings. The molecular formula is C17H19FN2O6S. The summed E-state index contributed by atoms with van der Waals surface area (Å²) in [6, 6.07) is 5.33. The van der Waals surface area contributed by atoms with Crippen molar-refractivity contribution in [3.8, 4) is 5.75 Å². The Labute approximate surface area is 155 Å². The number of halogens is 1. The summed E-state index contributed by atoms with van der Waals surface area (Å²) in [5.74, 6) is -1.61. The van der Waals surface area contributed by atoms with Crippen LogP contribution >= 0.6 is 0 Å². The normalized spacial score (nSPS) is 21.7. The molecule has 2 heterocycles. The van der Waals surface area contributed by atoms with E-state index in [1.54, 1.807) is 6.07 Å². The number of carbonyl (C=O) groups is 2. The van der Waals surface area contributed by atoms with Crippen LogP contribution in [-0.4, -0.2) is 61.8 Å². The van der Waals surface area contributed by atoms with Crippen molar-refractivity contribution in [3.05, 3.63) is 30.1 Å². The maximum atomic E-state index is 13.4. The lowest BCUT2D eigenvalue weighted by atomic mass is 10.1. The molecule has 146 valence electrons. The second-order valence-corrected chi connectivity index (χ2v) is 8.49. The predicted octanol–water partition coefficient (Wildman–Crippen LogP) is 0.913. The van der Waals surface area contributed by atoms with Crippen LogP contribution in [0.1, 0.15) is 19.3 Å². The van der Waals surface area contributed by atoms with Crippen LogP contribution in [0.3, 0.4) is 0 Å². The molecule has 3 rings (SSSR count). The lowest BCUT2D eigenvalue weighted by molar-refractivity contribution is -0.137. The number of nitrogens with zero attached hydrogens (tertiary/aromatic N) is 2. The molecule has 1 aromatic rings. The van der Waals surface area contributed by atoms with Gasteiger partial charge in [0.2, 0.25) is 5.91 Å². The maximum absolute atomic E-state index is 13.4. The Kier molecular flexibility index (Phi) is 5.73. The first-order valence-corrected chi connectivity index (χ1v) is 10.3. The average molecular weight is 398 g/mol. The third-order valence-electron chi connectivity index (χ3n) is 4.26. The highest BCUT2D eigenvalue weighted by molar-refractivity contribution is 7.91. The number of sulfone groups is 1. The molecule has 0 radical (unpaired) electrons. The summed E-state index contributed by atoms with van der Waals surface area (Å²) in [6.45, 7) is -0.151. The summed E-state index contributed by atoms with van der Waals surface area (Å²) >= 11 is 0. The molecule has 2 aliphatic heterocycles. The zero-order valence-electron chi connectivity index (χ0n) is 14.5. The molecule has 0 aliphatic carbocycles. The van der Waals surface area contributed by atoms with Gasteiger partial charge in [0.25, 0.3) is 0 Å². The lowest BCUT2D eigenvalue weighted by Crippen LogP contribution is -2.42. The van der Waals surface area contributed by atoms with Crippen LogP contribution in [-0.2, 0) is 24.2 Å². The van der Waals surface area contributed by atoms with Crippen molar-refractivity contribution in [3.63, 3.8) is 0 Å². The number of ether oxygens (including phenoxy) is 2. The summed E-state index contributed by atoms with van der Waals surface area (Å²) < 4.78 is 46.9. The number of benzene rings is 1. The number of rotatable bonds is 6. The van der Waals surface area contributed by atoms with Crippen molar-refractivity contribution in [2.24, 2.45) is 5.10 Å². The van der Waals surface area contributed by atoms with Gasteiger partial charge < -0.3 is 9.47 Å². The Bertz CT molecular complexity index is 870. The van der Waals surface area contributed by atoms with E-state index in [4.69, 9.17) is 9.47 Å². The summed E-state index contributed by atoms with van der Waals surface area (Å²) in [4.78, 5) is 24.2. The zero-order chi connectivity index (χ0) is 19.4. The number of esters is 1. The van der Waals surface area contributed by atoms with E-state index in [0.717, 1.165) is 5.01 Å². The minimum Gasteiger partial charge on any atom is -0.487 e. The molecule has 8 nitrogen and oxygen atoms in total. The van der Waals surface area contributed by atoms with Gasteiger partial charge in [-0.15, -0.1) is 0 Å². The first kappa shape index (κ1) is 19.3. The second-order valence-electron chi connectivity index (χ2n) is 6.26. The number of amides is 1. The summed E-state index contributed by atoms with van der Waals surface area (Å²) in [5.41, 5.74) is 0.0600. The fraction of sp³-hybridized carbons (Fsp3) is 0.471. The highest BCUT2D eigenvalue weighted by atomic mass is 32.2. The number of hydrogen-bond acceptors (Lipinski definition) is 7. The van der Waals surface area contributed by atoms with E-state index in [0.29, 0.717) is 6.42 Å². The molecule has 0 saturated carbocycles. The van der Waals surface area contributed by atoms with E-state index in [9.17, 15) is 22.4 Å². The first-order valence-electron chi connectivity index (χ1n) is 8.50. The van der Waals surface area contributed by atoms with E-state index in [1.165, 1.54) is 18.2 Å². The Morgan fingerprint density at radius 1 is 1.26 bits per heavy atom. The third-order valence-corrected chi connectivity index (χ3v) is 6.01. The Hall–Kier alpha value is -2.49. The number of carbonyl (C=O) groups excluding carboxylic acids is 2. The topological polar surface area (TPSA) is 102 Å². The van der Waals surface area contributed by atoms with Crippen molar-refractivity contribution >= 4 is 27.4 Å². The molecule has 1 atom stereocenters. The van der Waals surface area contributed by atoms with Crippen molar-refractivity contribution in [1.82, 2.24) is 5.01 Å². The highest BCUT2D eigenvalue weighted by Gasteiger charge is 2.37. The van der Waals surface area contributed by atoms with Crippen LogP contribution in [0.5, 0.6) is 5.75 Å². The Morgan fingerprint density at radius 3 is 2.74 bits per heavy atom. The maximum Gasteiger partial charge on any atom is 0.354 e. The van der Waals surface area contributed by atoms with E-state index < -0.39 is 27.7 Å². The number of para-hydroxylation sites is 1. The van der Waals surface area contributed by atoms with Gasteiger partial charge in [0, 0.05) is 12.8 Å². The van der Waals surface area contributed by atoms with Gasteiger partial charge in [-0.05, 0) is 18.6 Å². The van der Waals surface area contributed by atoms with Crippen molar-refractivity contribution in [2.45, 2.75) is 25.3 Å². The molecular weight excluding hydrogens is 379 g/mol. The minimum atomic E-state index is -3.18. The van der Waals surface area contributed by atoms with Crippen LogP contribution in [0.4, 0.5) is 4.39 Å². The van der Waals surface area contributed by atoms with Gasteiger partial charge in [-0.2, -0.15) is 5.10 Å². The van der Waals surface area contributed by atoms with Gasteiger partial charge in [-0.25, -0.2) is 22.6 Å². The van der Waals surface area contributed by atoms with E-state index in [2.05, 4.69) is 5.10 Å². The summed E-state index contributed by atoms with van der Waals surface area (Å²) in [6.07, 6.45) is 0.494. The standard InChI is InChI=1S/C17H19FN2O6S/c18-13-3-1-2-4-15(13)25-8-9-26-17(22)14-5-6-16(21)20(19-14)12-7-10-27(23,24)11-12/h1-4,12H,5-11H2. The lowest BCUT2D eigenvalue weighted by Gasteiger charge is -2.27. The van der Waals surface area contributed by atoms with Crippen LogP contribution < -0.4 is 4.74 Å². The molecule has 1 saturated heterocycles. The fourth-order valence-electron chi connectivity index (χ4n) is 2.90. The van der Waals surface area contributed by atoms with Gasteiger partial charge >= 0.3 is 5.97 Å². The van der Waals surface area contributed by atoms with Gasteiger partial charge in [-0.3, -0.25) is 4.79 Å². The monoisotopic (exact) mass is 398 g/mol. The molecule has 1 amide bonds. The van der Waals surface area contributed by atoms with Crippen LogP contribution in [0.25, 0.3) is 0 Å². The molecule has 27 heavy (non-hydrogen) atoms. The van der Waals surface area contributed by atoms with E-state index >= 15 is 0 Å². The van der Waals surface area contributed by atoms with Crippen LogP contribution in [0.2, 0.25) is 0 Å². The SMILES string of the molecule is O=C(OCCOc1ccccc1F)C1=NN(C2CCS(=O)(=O)C2)C(=O)CC1. The molecule has 1 unspecified atom stereocenters. The van der Waals surface area contributed by atoms with Crippen LogP contribution in [0, 0.1) is 5.82 Å². The summed E-state index contributed by atoms with van der Waals surface area (Å²) in [5, 5.41) is 5.12. The smallest absolute Gasteiger partial charge is 0.354 e. The second kappa shape index (κ2) is 8.03. The first-order chi connectivity index (χ1) is 12.9. The number of hydrogen-bond donors (Lipinski definition) is 0. The van der Waals surface area contributed by atoms with Gasteiger partial charge in [0.05, 0.1) is 17.5 Å². The highest BCUT2D eigenvalue weighted by Crippen LogP contribution is 2.22. The van der Waals surface area contributed by atoms with Gasteiger partial charge in [0.15, 0.2) is 21.4 Å². The van der Waals surface area contributed by atoms with Crippen molar-refractivity contribution in [1.29, 1.82) is 0 Å². The number of hydrazone groups is 1. The Balaban J connectivity index is 1.53. The third kappa shape index (κ3) is 4.82. The molecule has 10 heteroatoms. The van der Waals surface area contributed by atoms with E-state index in [1.807, 2.05) is 0 Å². The molecule has 1 fully saturated rings. The van der Waals surface area contributed by atoms with E-state index in [-0.39, 0.29) is 54.9 Å². The van der Waals surface area contributed by atoms with Crippen LogP contribution in [0.15, 0.2) is 29.4 Å². The quantitative estimate of drug-likeness (QED) is 0.521. The fourth-order valence-corrected chi connectivity index (χ4v) is 4.60. The molecule has 0 bridgehead atoms. The molecule has 0 spiro atoms. The minimum absolute atomic E-state index is 0.00410. The van der Waals surface area contributed by atoms with Gasteiger partial charge in [-0.1, -0.05) is 12.1 Å². The largest absolute Gasteiger partial charge is 0.487 e. The molecule has 0 aromatic heterocycles. The Morgan fingerprint density at radius 2 is 2.04 bits per heavy atom. The van der Waals surface area contributed by atoms with Crippen molar-refractivity contribution < 1.29 is 31.9 Å². The van der Waals surface area contributed by atoms with Crippen molar-refractivity contribution in [2.75, 3.05) is 24.7 Å². The molecule has 0 N–H and O–H groups in total. The predicted molar refractivity (Wildman–Crippen MR) is 93.4 cm³/mol. The zero-order valence-corrected chi connectivity index (χ0v) is 15.3. The van der Waals surface area contributed by atoms with Gasteiger partial charge in [0.1, 0.15) is 18.9 Å².